The lowest BCUT2D eigenvalue weighted by Gasteiger charge is -2.37. The molecule has 0 spiro atoms. The minimum absolute atomic E-state index is 0. The number of likely N-dealkylation sites (tertiary alicyclic amines) is 1. The zero-order valence-corrected chi connectivity index (χ0v) is 20.2. The summed E-state index contributed by atoms with van der Waals surface area (Å²) >= 11 is 0. The molecule has 2 aliphatic heterocycles. The third-order valence-corrected chi connectivity index (χ3v) is 6.67. The molecule has 0 aromatic heterocycles. The Labute approximate surface area is 198 Å². The van der Waals surface area contributed by atoms with Crippen molar-refractivity contribution in [1.82, 2.24) is 0 Å². The maximum absolute atomic E-state index is 5.57. The van der Waals surface area contributed by atoms with Gasteiger partial charge in [0, 0.05) is 30.4 Å². The zero-order chi connectivity index (χ0) is 20.2. The fourth-order valence-electron chi connectivity index (χ4n) is 5.12. The van der Waals surface area contributed by atoms with E-state index in [1.54, 1.807) is 31.1 Å². The molecule has 1 fully saturated rings. The third kappa shape index (κ3) is 5.78. The van der Waals surface area contributed by atoms with Crippen molar-refractivity contribution in [3.63, 3.8) is 0 Å². The quantitative estimate of drug-likeness (QED) is 0.445. The predicted molar refractivity (Wildman–Crippen MR) is 113 cm³/mol. The van der Waals surface area contributed by atoms with E-state index in [0.717, 1.165) is 42.8 Å². The number of rotatable bonds is 6. The van der Waals surface area contributed by atoms with Gasteiger partial charge in [-0.1, -0.05) is 12.1 Å². The maximum Gasteiger partial charge on any atom is 0.161 e. The molecule has 0 radical (unpaired) electrons. The first-order valence-electron chi connectivity index (χ1n) is 10.8. The molecule has 0 amide bonds. The van der Waals surface area contributed by atoms with E-state index >= 15 is 0 Å². The molecule has 5 nitrogen and oxygen atoms in total. The number of ether oxygens (including phenoxy) is 3. The van der Waals surface area contributed by atoms with Crippen molar-refractivity contribution in [2.24, 2.45) is 0 Å². The molecular weight excluding hydrogens is 435 g/mol. The van der Waals surface area contributed by atoms with Crippen molar-refractivity contribution in [2.75, 3.05) is 41.0 Å². The summed E-state index contributed by atoms with van der Waals surface area (Å²) < 4.78 is 16.6. The van der Waals surface area contributed by atoms with Crippen LogP contribution in [0, 0.1) is 0 Å². The van der Waals surface area contributed by atoms with Crippen LogP contribution in [0.1, 0.15) is 29.5 Å². The Kier molecular flexibility index (Phi) is 9.76. The molecule has 1 saturated heterocycles. The van der Waals surface area contributed by atoms with E-state index in [0.29, 0.717) is 0 Å². The van der Waals surface area contributed by atoms with E-state index in [1.807, 2.05) is 0 Å². The summed E-state index contributed by atoms with van der Waals surface area (Å²) in [5, 5.41) is 0. The van der Waals surface area contributed by atoms with Gasteiger partial charge in [-0.25, -0.2) is 0 Å². The fraction of sp³-hybridized carbons (Fsp3) is 0.500. The predicted octanol–water partition coefficient (Wildman–Crippen LogP) is -5.09. The molecule has 3 unspecified atom stereocenters. The molecule has 0 saturated carbocycles. The maximum atomic E-state index is 5.57. The summed E-state index contributed by atoms with van der Waals surface area (Å²) in [5.41, 5.74) is 4.16. The van der Waals surface area contributed by atoms with Crippen LogP contribution in [0.3, 0.4) is 0 Å². The number of hydrogen-bond acceptors (Lipinski definition) is 3. The first kappa shape index (κ1) is 25.6. The SMILES string of the molecule is COc1ccccc1C[NH+]1CCCC([NH+]2CCc3cc(OC)c(OC)cc3C2)C1.[Cl-].[Cl-]. The number of quaternary nitrogens is 2. The van der Waals surface area contributed by atoms with Crippen LogP contribution in [0.25, 0.3) is 0 Å². The molecule has 2 heterocycles. The Balaban J connectivity index is 0.00000171. The summed E-state index contributed by atoms with van der Waals surface area (Å²) in [6, 6.07) is 13.5. The summed E-state index contributed by atoms with van der Waals surface area (Å²) in [5.74, 6) is 2.71. The second kappa shape index (κ2) is 11.8. The highest BCUT2D eigenvalue weighted by atomic mass is 35.5. The summed E-state index contributed by atoms with van der Waals surface area (Å²) in [6.45, 7) is 5.83. The standard InChI is InChI=1S/C24H32N2O3.2ClH/c1-27-22-9-5-4-7-19(22)15-25-11-6-8-21(17-25)26-12-10-18-13-23(28-2)24(29-3)14-20(18)16-26;;/h4-5,7,9,13-14,21H,6,8,10-12,15-17H2,1-3H3;2*1H. The molecule has 31 heavy (non-hydrogen) atoms. The topological polar surface area (TPSA) is 36.6 Å². The van der Waals surface area contributed by atoms with Crippen molar-refractivity contribution < 1.29 is 48.8 Å². The Bertz CT molecular complexity index is 850. The van der Waals surface area contributed by atoms with Crippen molar-refractivity contribution in [1.29, 1.82) is 0 Å². The molecule has 4 rings (SSSR count). The normalized spacial score (nSPS) is 22.4. The smallest absolute Gasteiger partial charge is 0.161 e. The number of hydrogen-bond donors (Lipinski definition) is 2. The molecule has 0 aliphatic carbocycles. The van der Waals surface area contributed by atoms with Gasteiger partial charge in [0.1, 0.15) is 31.4 Å². The molecule has 3 atom stereocenters. The summed E-state index contributed by atoms with van der Waals surface area (Å²) in [4.78, 5) is 3.40. The van der Waals surface area contributed by atoms with Gasteiger partial charge in [-0.05, 0) is 29.8 Å². The van der Waals surface area contributed by atoms with Gasteiger partial charge in [-0.15, -0.1) is 0 Å². The van der Waals surface area contributed by atoms with Crippen LogP contribution in [0.2, 0.25) is 0 Å². The lowest BCUT2D eigenvalue weighted by Crippen LogP contribution is -3.24. The van der Waals surface area contributed by atoms with Gasteiger partial charge in [-0.2, -0.15) is 0 Å². The van der Waals surface area contributed by atoms with Gasteiger partial charge in [0.15, 0.2) is 11.5 Å². The van der Waals surface area contributed by atoms with Crippen molar-refractivity contribution in [2.45, 2.75) is 38.4 Å². The first-order valence-corrected chi connectivity index (χ1v) is 10.8. The lowest BCUT2D eigenvalue weighted by molar-refractivity contribution is -0.998. The fourth-order valence-corrected chi connectivity index (χ4v) is 5.12. The summed E-state index contributed by atoms with van der Waals surface area (Å²) in [6.07, 6.45) is 3.74. The molecule has 2 aromatic carbocycles. The lowest BCUT2D eigenvalue weighted by atomic mass is 9.95. The van der Waals surface area contributed by atoms with E-state index in [-0.39, 0.29) is 24.8 Å². The Hall–Kier alpha value is -1.66. The van der Waals surface area contributed by atoms with Gasteiger partial charge in [0.2, 0.25) is 0 Å². The molecular formula is C24H34Cl2N2O3. The van der Waals surface area contributed by atoms with E-state index in [9.17, 15) is 0 Å². The van der Waals surface area contributed by atoms with Crippen LogP contribution >= 0.6 is 0 Å². The second-order valence-electron chi connectivity index (χ2n) is 8.34. The number of nitrogens with one attached hydrogen (secondary N) is 2. The largest absolute Gasteiger partial charge is 1.00 e. The number of halogens is 2. The van der Waals surface area contributed by atoms with E-state index in [1.165, 1.54) is 49.2 Å². The highest BCUT2D eigenvalue weighted by Crippen LogP contribution is 2.31. The highest BCUT2D eigenvalue weighted by Gasteiger charge is 2.34. The van der Waals surface area contributed by atoms with Crippen LogP contribution in [0.15, 0.2) is 36.4 Å². The average Bonchev–Trinajstić information content (AvgIpc) is 2.78. The Morgan fingerprint density at radius 3 is 2.26 bits per heavy atom. The van der Waals surface area contributed by atoms with Crippen molar-refractivity contribution in [3.05, 3.63) is 53.1 Å². The van der Waals surface area contributed by atoms with Crippen LogP contribution < -0.4 is 48.8 Å². The van der Waals surface area contributed by atoms with Crippen molar-refractivity contribution >= 4 is 0 Å². The minimum Gasteiger partial charge on any atom is -1.00 e. The number of piperidine rings is 1. The molecule has 2 N–H and O–H groups in total. The van der Waals surface area contributed by atoms with E-state index in [2.05, 4.69) is 36.4 Å². The molecule has 7 heteroatoms. The average molecular weight is 469 g/mol. The third-order valence-electron chi connectivity index (χ3n) is 6.67. The van der Waals surface area contributed by atoms with Crippen LogP contribution in [0.5, 0.6) is 17.2 Å². The number of para-hydroxylation sites is 1. The van der Waals surface area contributed by atoms with Gasteiger partial charge in [-0.3, -0.25) is 0 Å². The van der Waals surface area contributed by atoms with Crippen molar-refractivity contribution in [3.8, 4) is 17.2 Å². The molecule has 2 aromatic rings. The molecule has 0 bridgehead atoms. The number of methoxy groups -OCH3 is 3. The Morgan fingerprint density at radius 1 is 0.871 bits per heavy atom. The van der Waals surface area contributed by atoms with Gasteiger partial charge in [0.05, 0.1) is 34.4 Å². The highest BCUT2D eigenvalue weighted by molar-refractivity contribution is 5.47. The van der Waals surface area contributed by atoms with Gasteiger partial charge >= 0.3 is 0 Å². The second-order valence-corrected chi connectivity index (χ2v) is 8.34. The number of fused-ring (bicyclic) bond motifs is 1. The van der Waals surface area contributed by atoms with E-state index < -0.39 is 0 Å². The minimum atomic E-state index is 0. The molecule has 172 valence electrons. The van der Waals surface area contributed by atoms with Gasteiger partial charge < -0.3 is 48.8 Å². The first-order chi connectivity index (χ1) is 14.2. The Morgan fingerprint density at radius 2 is 1.55 bits per heavy atom. The summed E-state index contributed by atoms with van der Waals surface area (Å²) in [7, 11) is 5.20. The van der Waals surface area contributed by atoms with Crippen LogP contribution in [-0.4, -0.2) is 47.0 Å². The monoisotopic (exact) mass is 468 g/mol. The van der Waals surface area contributed by atoms with Gasteiger partial charge in [0.25, 0.3) is 0 Å². The molecule has 2 aliphatic rings. The zero-order valence-electron chi connectivity index (χ0n) is 18.7. The van der Waals surface area contributed by atoms with E-state index in [4.69, 9.17) is 14.2 Å². The van der Waals surface area contributed by atoms with Crippen LogP contribution in [-0.2, 0) is 19.5 Å². The number of benzene rings is 2. The van der Waals surface area contributed by atoms with Crippen LogP contribution in [0.4, 0.5) is 0 Å².